The molecule has 0 unspecified atom stereocenters. The Hall–Kier alpha value is -6.86. The summed E-state index contributed by atoms with van der Waals surface area (Å²) in [6.45, 7) is 9.15. The van der Waals surface area contributed by atoms with Crippen LogP contribution >= 0.6 is 0 Å². The van der Waals surface area contributed by atoms with Gasteiger partial charge in [-0.2, -0.15) is 0 Å². The molecule has 0 amide bonds. The van der Waals surface area contributed by atoms with Gasteiger partial charge in [0.25, 0.3) is 0 Å². The van der Waals surface area contributed by atoms with Crippen LogP contribution in [0.15, 0.2) is 115 Å². The Kier molecular flexibility index (Phi) is 9.17. The van der Waals surface area contributed by atoms with Gasteiger partial charge in [0.15, 0.2) is 17.3 Å². The van der Waals surface area contributed by atoms with Crippen LogP contribution in [0.3, 0.4) is 0 Å². The average Bonchev–Trinajstić information content (AvgIpc) is 3.21. The van der Waals surface area contributed by atoms with Gasteiger partial charge < -0.3 is 35.7 Å². The summed E-state index contributed by atoms with van der Waals surface area (Å²) in [7, 11) is 0. The van der Waals surface area contributed by atoms with Gasteiger partial charge in [0.2, 0.25) is 11.5 Å². The average molecular weight is 717 g/mol. The number of aliphatic hydroxyl groups is 3. The first kappa shape index (κ1) is 35.5. The molecule has 7 N–H and O–H groups in total. The van der Waals surface area contributed by atoms with Crippen LogP contribution in [-0.4, -0.2) is 35.7 Å². The Morgan fingerprint density at radius 2 is 1.20 bits per heavy atom. The fourth-order valence-corrected chi connectivity index (χ4v) is 7.70. The molecule has 0 heterocycles. The molecule has 1 aliphatic rings. The molecule has 1 aliphatic carbocycles. The van der Waals surface area contributed by atoms with Crippen LogP contribution in [0, 0.1) is 0 Å². The van der Waals surface area contributed by atoms with Gasteiger partial charge in [-0.1, -0.05) is 111 Å². The largest absolute Gasteiger partial charge is 0.509 e. The van der Waals surface area contributed by atoms with E-state index in [1.54, 1.807) is 12.1 Å². The number of aliphatic hydroxyl groups excluding tert-OH is 3. The molecule has 0 radical (unpaired) electrons. The highest BCUT2D eigenvalue weighted by molar-refractivity contribution is 6.21. The first-order chi connectivity index (χ1) is 26.1. The minimum atomic E-state index is -0.977. The summed E-state index contributed by atoms with van der Waals surface area (Å²) in [5.74, 6) is -5.13. The number of phenolic OH excluding ortho intramolecular Hbond substituents is 4. The highest BCUT2D eigenvalue weighted by Crippen LogP contribution is 2.58. The molecular weight excluding hydrogens is 677 g/mol. The van der Waals surface area contributed by atoms with E-state index < -0.39 is 40.3 Å². The van der Waals surface area contributed by atoms with Crippen molar-refractivity contribution in [2.75, 3.05) is 0 Å². The lowest BCUT2D eigenvalue weighted by molar-refractivity contribution is 0.351. The highest BCUT2D eigenvalue weighted by Gasteiger charge is 2.33. The van der Waals surface area contributed by atoms with Crippen LogP contribution in [0.1, 0.15) is 49.4 Å². The summed E-state index contributed by atoms with van der Waals surface area (Å²) in [6.07, 6.45) is 5.67. The molecule has 0 saturated heterocycles. The predicted octanol–water partition coefficient (Wildman–Crippen LogP) is 12.3. The first-order valence-electron chi connectivity index (χ1n) is 17.8. The summed E-state index contributed by atoms with van der Waals surface area (Å²) >= 11 is 0. The van der Waals surface area contributed by atoms with Crippen LogP contribution in [0.5, 0.6) is 23.0 Å². The molecule has 0 atom stereocenters. The number of hydrogen-bond acceptors (Lipinski definition) is 7. The number of phenols is 4. The summed E-state index contributed by atoms with van der Waals surface area (Å²) in [4.78, 5) is 0. The third-order valence-corrected chi connectivity index (χ3v) is 10.1. The van der Waals surface area contributed by atoms with Crippen molar-refractivity contribution in [1.29, 1.82) is 0 Å². The Balaban J connectivity index is 0.00000221. The SMILES string of the molecule is C=C(O)c1c(/C(O)=C(\C)O)c(-c2cc3c(c4ccccc24)CCC=C3)c2c(O)c(O)c(O)c(O)c2c1-c1cccc(-c2ccc3ccccc3c2)c1.CC. The fraction of sp³-hybridized carbons (Fsp3) is 0.106. The molecular formula is C47H40O7. The monoisotopic (exact) mass is 716 g/mol. The third-order valence-electron chi connectivity index (χ3n) is 10.1. The maximum Gasteiger partial charge on any atom is 0.204 e. The van der Waals surface area contributed by atoms with E-state index in [1.165, 1.54) is 6.92 Å². The molecule has 7 aromatic carbocycles. The maximum atomic E-state index is 11.8. The summed E-state index contributed by atoms with van der Waals surface area (Å²) in [5, 5.41) is 83.4. The molecule has 0 bridgehead atoms. The standard InChI is InChI=1S/C45H34O7.C2H6/c1-23(46)35-36(30-14-9-13-27(21-30)28-19-18-25-10-3-4-11-26(25)20-28)39-40(43(50)45(52)44(51)42(39)49)37(38(35)41(48)24(2)47)34-22-29-12-5-6-15-31(29)32-16-7-8-17-33(32)34;1-2/h3-5,7-14,16-22,46-52H,1,6,15H2,2H3;1-2H3/b41-24-;. The zero-order valence-corrected chi connectivity index (χ0v) is 30.1. The smallest absolute Gasteiger partial charge is 0.204 e. The molecule has 0 aliphatic heterocycles. The maximum absolute atomic E-state index is 11.8. The number of aryl methyl sites for hydroxylation is 1. The van der Waals surface area contributed by atoms with Gasteiger partial charge in [0, 0.05) is 33.0 Å². The normalized spacial score (nSPS) is 12.6. The summed E-state index contributed by atoms with van der Waals surface area (Å²) < 4.78 is 0. The van der Waals surface area contributed by atoms with Gasteiger partial charge in [0.1, 0.15) is 11.5 Å². The van der Waals surface area contributed by atoms with Crippen LogP contribution < -0.4 is 0 Å². The minimum absolute atomic E-state index is 0.0683. The molecule has 8 rings (SSSR count). The lowest BCUT2D eigenvalue weighted by atomic mass is 9.78. The van der Waals surface area contributed by atoms with Crippen LogP contribution in [0.25, 0.3) is 83.3 Å². The zero-order chi connectivity index (χ0) is 38.4. The number of allylic oxidation sites excluding steroid dienone is 2. The number of hydrogen-bond donors (Lipinski definition) is 7. The lowest BCUT2D eigenvalue weighted by Crippen LogP contribution is -2.05. The van der Waals surface area contributed by atoms with Crippen molar-refractivity contribution in [3.05, 3.63) is 138 Å². The number of rotatable bonds is 5. The Morgan fingerprint density at radius 3 is 1.89 bits per heavy atom. The zero-order valence-electron chi connectivity index (χ0n) is 30.1. The minimum Gasteiger partial charge on any atom is -0.509 e. The van der Waals surface area contributed by atoms with Gasteiger partial charge in [-0.25, -0.2) is 0 Å². The van der Waals surface area contributed by atoms with E-state index in [2.05, 4.69) is 12.7 Å². The van der Waals surface area contributed by atoms with Gasteiger partial charge in [-0.05, 0) is 92.9 Å². The number of benzene rings is 7. The topological polar surface area (TPSA) is 142 Å². The van der Waals surface area contributed by atoms with Crippen molar-refractivity contribution in [2.45, 2.75) is 33.6 Å². The van der Waals surface area contributed by atoms with E-state index in [9.17, 15) is 35.7 Å². The molecule has 7 aromatic rings. The van der Waals surface area contributed by atoms with Crippen LogP contribution in [-0.2, 0) is 6.42 Å². The second-order valence-electron chi connectivity index (χ2n) is 13.1. The van der Waals surface area contributed by atoms with Crippen LogP contribution in [0.4, 0.5) is 0 Å². The third kappa shape index (κ3) is 5.62. The van der Waals surface area contributed by atoms with Gasteiger partial charge in [0.05, 0.1) is 0 Å². The second kappa shape index (κ2) is 13.9. The molecule has 0 saturated carbocycles. The van der Waals surface area contributed by atoms with E-state index in [4.69, 9.17) is 0 Å². The van der Waals surface area contributed by atoms with Crippen molar-refractivity contribution >= 4 is 49.9 Å². The number of fused-ring (bicyclic) bond motifs is 5. The quantitative estimate of drug-likeness (QED) is 0.0534. The van der Waals surface area contributed by atoms with Gasteiger partial charge in [-0.3, -0.25) is 0 Å². The van der Waals surface area contributed by atoms with Crippen LogP contribution in [0.2, 0.25) is 0 Å². The molecule has 0 aromatic heterocycles. The summed E-state index contributed by atoms with van der Waals surface area (Å²) in [5.41, 5.74) is 4.51. The summed E-state index contributed by atoms with van der Waals surface area (Å²) in [6, 6.07) is 30.7. The Morgan fingerprint density at radius 1 is 0.593 bits per heavy atom. The Labute approximate surface area is 312 Å². The van der Waals surface area contributed by atoms with Crippen molar-refractivity contribution in [1.82, 2.24) is 0 Å². The first-order valence-corrected chi connectivity index (χ1v) is 17.8. The van der Waals surface area contributed by atoms with Crippen molar-refractivity contribution in [2.24, 2.45) is 0 Å². The van der Waals surface area contributed by atoms with Gasteiger partial charge in [-0.15, -0.1) is 0 Å². The van der Waals surface area contributed by atoms with Crippen molar-refractivity contribution in [3.8, 4) is 56.4 Å². The Bertz CT molecular complexity index is 2730. The molecule has 270 valence electrons. The predicted molar refractivity (Wildman–Crippen MR) is 220 cm³/mol. The van der Waals surface area contributed by atoms with Crippen molar-refractivity contribution < 1.29 is 35.7 Å². The van der Waals surface area contributed by atoms with Gasteiger partial charge >= 0.3 is 0 Å². The molecule has 0 spiro atoms. The highest BCUT2D eigenvalue weighted by atomic mass is 16.3. The van der Waals surface area contributed by atoms with Crippen molar-refractivity contribution in [3.63, 3.8) is 0 Å². The second-order valence-corrected chi connectivity index (χ2v) is 13.1. The van der Waals surface area contributed by atoms with E-state index in [-0.39, 0.29) is 33.0 Å². The fourth-order valence-electron chi connectivity index (χ4n) is 7.70. The van der Waals surface area contributed by atoms with E-state index >= 15 is 0 Å². The number of aromatic hydroxyl groups is 4. The molecule has 7 heteroatoms. The lowest BCUT2D eigenvalue weighted by Gasteiger charge is -2.26. The van der Waals surface area contributed by atoms with E-state index in [0.717, 1.165) is 56.6 Å². The van der Waals surface area contributed by atoms with E-state index in [0.29, 0.717) is 11.1 Å². The molecule has 54 heavy (non-hydrogen) atoms. The molecule has 7 nitrogen and oxygen atoms in total. The molecule has 0 fully saturated rings. The van der Waals surface area contributed by atoms with E-state index in [1.807, 2.05) is 105 Å².